The fourth-order valence-electron chi connectivity index (χ4n) is 1.37. The van der Waals surface area contributed by atoms with Crippen molar-refractivity contribution in [1.29, 1.82) is 0 Å². The minimum atomic E-state index is -0.373. The smallest absolute Gasteiger partial charge is 0.254 e. The molecule has 1 saturated heterocycles. The van der Waals surface area contributed by atoms with Crippen LogP contribution in [-0.4, -0.2) is 27.4 Å². The maximum absolute atomic E-state index is 11.6. The van der Waals surface area contributed by atoms with Crippen LogP contribution in [0.5, 0.6) is 0 Å². The van der Waals surface area contributed by atoms with E-state index in [4.69, 9.17) is 0 Å². The van der Waals surface area contributed by atoms with E-state index in [1.54, 1.807) is 6.20 Å². The molecule has 0 unspecified atom stereocenters. The number of nitrogens with one attached hydrogen (secondary N) is 1. The van der Waals surface area contributed by atoms with Gasteiger partial charge in [0.15, 0.2) is 0 Å². The highest BCUT2D eigenvalue weighted by molar-refractivity contribution is 5.91. The van der Waals surface area contributed by atoms with Gasteiger partial charge in [0.25, 0.3) is 5.91 Å². The van der Waals surface area contributed by atoms with Gasteiger partial charge >= 0.3 is 0 Å². The first-order valence-electron chi connectivity index (χ1n) is 4.09. The lowest BCUT2D eigenvalue weighted by atomic mass is 10.2. The summed E-state index contributed by atoms with van der Waals surface area (Å²) in [7, 11) is 0. The first-order valence-corrected chi connectivity index (χ1v) is 4.09. The zero-order valence-corrected chi connectivity index (χ0v) is 6.93. The molecular formula is C8H9N3O2. The van der Waals surface area contributed by atoms with Gasteiger partial charge in [0.2, 0.25) is 5.91 Å². The summed E-state index contributed by atoms with van der Waals surface area (Å²) in [6.07, 6.45) is 5.56. The topological polar surface area (TPSA) is 64.0 Å². The lowest BCUT2D eigenvalue weighted by Gasteiger charge is -2.07. The number of aromatic nitrogens is 2. The maximum atomic E-state index is 11.6. The Morgan fingerprint density at radius 3 is 3.08 bits per heavy atom. The van der Waals surface area contributed by atoms with Crippen molar-refractivity contribution in [3.63, 3.8) is 0 Å². The van der Waals surface area contributed by atoms with Crippen LogP contribution in [0.4, 0.5) is 0 Å². The quantitative estimate of drug-likeness (QED) is 0.649. The van der Waals surface area contributed by atoms with Crippen molar-refractivity contribution in [2.75, 3.05) is 0 Å². The number of carbonyl (C=O) groups is 2. The molecule has 0 spiro atoms. The van der Waals surface area contributed by atoms with Crippen LogP contribution >= 0.6 is 0 Å². The molecule has 1 aliphatic rings. The van der Waals surface area contributed by atoms with E-state index in [0.29, 0.717) is 12.8 Å². The largest absolute Gasteiger partial charge is 0.344 e. The van der Waals surface area contributed by atoms with E-state index in [-0.39, 0.29) is 17.9 Å². The molecule has 5 heteroatoms. The highest BCUT2D eigenvalue weighted by Gasteiger charge is 2.27. The molecule has 0 aromatic carbocycles. The van der Waals surface area contributed by atoms with E-state index >= 15 is 0 Å². The SMILES string of the molecule is O=C1CC[C@@H](C(=O)n2ccnc2)N1. The van der Waals surface area contributed by atoms with Gasteiger partial charge < -0.3 is 5.32 Å². The zero-order chi connectivity index (χ0) is 9.26. The van der Waals surface area contributed by atoms with Crippen LogP contribution < -0.4 is 5.32 Å². The van der Waals surface area contributed by atoms with Crippen molar-refractivity contribution >= 4 is 11.8 Å². The normalized spacial score (nSPS) is 21.5. The number of amides is 1. The molecule has 1 atom stereocenters. The summed E-state index contributed by atoms with van der Waals surface area (Å²) < 4.78 is 1.39. The molecular weight excluding hydrogens is 170 g/mol. The third-order valence-electron chi connectivity index (χ3n) is 2.05. The molecule has 5 nitrogen and oxygen atoms in total. The van der Waals surface area contributed by atoms with Crippen LogP contribution in [0.1, 0.15) is 17.6 Å². The predicted octanol–water partition coefficient (Wildman–Crippen LogP) is -0.198. The van der Waals surface area contributed by atoms with Crippen molar-refractivity contribution in [1.82, 2.24) is 14.9 Å². The van der Waals surface area contributed by atoms with Crippen LogP contribution in [0.2, 0.25) is 0 Å². The van der Waals surface area contributed by atoms with Crippen LogP contribution in [-0.2, 0) is 4.79 Å². The Morgan fingerprint density at radius 2 is 2.54 bits per heavy atom. The van der Waals surface area contributed by atoms with E-state index < -0.39 is 0 Å². The van der Waals surface area contributed by atoms with E-state index in [9.17, 15) is 9.59 Å². The van der Waals surface area contributed by atoms with Crippen LogP contribution in [0.25, 0.3) is 0 Å². The molecule has 0 saturated carbocycles. The fraction of sp³-hybridized carbons (Fsp3) is 0.375. The van der Waals surface area contributed by atoms with Crippen molar-refractivity contribution in [3.05, 3.63) is 18.7 Å². The van der Waals surface area contributed by atoms with Crippen molar-refractivity contribution in [2.24, 2.45) is 0 Å². The van der Waals surface area contributed by atoms with Gasteiger partial charge in [0.1, 0.15) is 12.4 Å². The Kier molecular flexibility index (Phi) is 1.84. The summed E-state index contributed by atoms with van der Waals surface area (Å²) in [6.45, 7) is 0. The molecule has 13 heavy (non-hydrogen) atoms. The highest BCUT2D eigenvalue weighted by atomic mass is 16.2. The Labute approximate surface area is 74.8 Å². The molecule has 1 aliphatic heterocycles. The number of carbonyl (C=O) groups excluding carboxylic acids is 2. The molecule has 2 rings (SSSR count). The van der Waals surface area contributed by atoms with Gasteiger partial charge in [-0.25, -0.2) is 4.98 Å². The molecule has 0 aliphatic carbocycles. The molecule has 68 valence electrons. The van der Waals surface area contributed by atoms with Crippen LogP contribution in [0.15, 0.2) is 18.7 Å². The minimum absolute atomic E-state index is 0.0570. The second-order valence-corrected chi connectivity index (χ2v) is 2.97. The second-order valence-electron chi connectivity index (χ2n) is 2.97. The summed E-state index contributed by atoms with van der Waals surface area (Å²) in [5, 5.41) is 2.60. The molecule has 1 amide bonds. The van der Waals surface area contributed by atoms with Gasteiger partial charge in [0.05, 0.1) is 0 Å². The van der Waals surface area contributed by atoms with E-state index in [1.165, 1.54) is 17.1 Å². The molecule has 1 fully saturated rings. The first kappa shape index (κ1) is 7.97. The minimum Gasteiger partial charge on any atom is -0.344 e. The van der Waals surface area contributed by atoms with Gasteiger partial charge in [-0.3, -0.25) is 14.2 Å². The lowest BCUT2D eigenvalue weighted by molar-refractivity contribution is -0.119. The number of hydrogen-bond donors (Lipinski definition) is 1. The number of imidazole rings is 1. The van der Waals surface area contributed by atoms with E-state index in [2.05, 4.69) is 10.3 Å². The average Bonchev–Trinajstić information content (AvgIpc) is 2.72. The summed E-state index contributed by atoms with van der Waals surface area (Å²) >= 11 is 0. The maximum Gasteiger partial charge on any atom is 0.254 e. The van der Waals surface area contributed by atoms with Gasteiger partial charge in [0, 0.05) is 18.8 Å². The standard InChI is InChI=1S/C8H9N3O2/c12-7-2-1-6(10-7)8(13)11-4-3-9-5-11/h3-6H,1-2H2,(H,10,12)/t6-/m0/s1. The molecule has 0 radical (unpaired) electrons. The number of rotatable bonds is 1. The third-order valence-corrected chi connectivity index (χ3v) is 2.05. The second kappa shape index (κ2) is 3.01. The Bertz CT molecular complexity index is 331. The number of hydrogen-bond acceptors (Lipinski definition) is 3. The third kappa shape index (κ3) is 1.44. The van der Waals surface area contributed by atoms with Crippen molar-refractivity contribution < 1.29 is 9.59 Å². The van der Waals surface area contributed by atoms with Gasteiger partial charge in [-0.2, -0.15) is 0 Å². The predicted molar refractivity (Wildman–Crippen MR) is 44.0 cm³/mol. The fourth-order valence-corrected chi connectivity index (χ4v) is 1.37. The van der Waals surface area contributed by atoms with Gasteiger partial charge in [-0.1, -0.05) is 0 Å². The average molecular weight is 179 g/mol. The summed E-state index contributed by atoms with van der Waals surface area (Å²) in [6, 6.07) is -0.373. The van der Waals surface area contributed by atoms with Crippen molar-refractivity contribution in [2.45, 2.75) is 18.9 Å². The molecule has 1 aromatic rings. The summed E-state index contributed by atoms with van der Waals surface area (Å²) in [4.78, 5) is 26.2. The molecule has 1 aromatic heterocycles. The molecule has 0 bridgehead atoms. The molecule has 1 N–H and O–H groups in total. The van der Waals surface area contributed by atoms with Gasteiger partial charge in [-0.15, -0.1) is 0 Å². The van der Waals surface area contributed by atoms with Crippen LogP contribution in [0.3, 0.4) is 0 Å². The Hall–Kier alpha value is -1.65. The number of nitrogens with zero attached hydrogens (tertiary/aromatic N) is 2. The summed E-state index contributed by atoms with van der Waals surface area (Å²) in [5.74, 6) is -0.179. The van der Waals surface area contributed by atoms with Gasteiger partial charge in [-0.05, 0) is 6.42 Å². The van der Waals surface area contributed by atoms with E-state index in [0.717, 1.165) is 0 Å². The van der Waals surface area contributed by atoms with Crippen molar-refractivity contribution in [3.8, 4) is 0 Å². The monoisotopic (exact) mass is 179 g/mol. The highest BCUT2D eigenvalue weighted by Crippen LogP contribution is 2.08. The molecule has 2 heterocycles. The lowest BCUT2D eigenvalue weighted by Crippen LogP contribution is -2.36. The van der Waals surface area contributed by atoms with Crippen LogP contribution in [0, 0.1) is 0 Å². The Balaban J connectivity index is 2.10. The zero-order valence-electron chi connectivity index (χ0n) is 6.93. The summed E-state index contributed by atoms with van der Waals surface area (Å²) in [5.41, 5.74) is 0. The Morgan fingerprint density at radius 1 is 1.69 bits per heavy atom. The first-order chi connectivity index (χ1) is 6.27. The van der Waals surface area contributed by atoms with E-state index in [1.807, 2.05) is 0 Å².